The minimum absolute atomic E-state index is 0.0585. The minimum Gasteiger partial charge on any atom is -0.491 e. The van der Waals surface area contributed by atoms with Crippen molar-refractivity contribution in [2.24, 2.45) is 5.92 Å². The molecule has 2 N–H and O–H groups in total. The van der Waals surface area contributed by atoms with Crippen molar-refractivity contribution < 1.29 is 48.2 Å². The molecule has 10 heteroatoms. The van der Waals surface area contributed by atoms with Crippen LogP contribution in [0.5, 0.6) is 23.0 Å². The van der Waals surface area contributed by atoms with Gasteiger partial charge in [-0.2, -0.15) is 0 Å². The first-order valence-electron chi connectivity index (χ1n) is 17.1. The summed E-state index contributed by atoms with van der Waals surface area (Å²) >= 11 is 0. The summed E-state index contributed by atoms with van der Waals surface area (Å²) < 4.78 is 34.1. The molecule has 2 bridgehead atoms. The van der Waals surface area contributed by atoms with Gasteiger partial charge in [0.2, 0.25) is 0 Å². The average Bonchev–Trinajstić information content (AvgIpc) is 3.17. The molecule has 3 unspecified atom stereocenters. The van der Waals surface area contributed by atoms with Gasteiger partial charge in [0.15, 0.2) is 0 Å². The first-order chi connectivity index (χ1) is 25.3. The van der Waals surface area contributed by atoms with Crippen LogP contribution in [0.15, 0.2) is 122 Å². The maximum Gasteiger partial charge on any atom is 0.330 e. The number of ether oxygens (including phenoxy) is 6. The van der Waals surface area contributed by atoms with Crippen LogP contribution in [0.1, 0.15) is 28.7 Å². The number of hydrogen-bond acceptors (Lipinski definition) is 10. The normalized spacial score (nSPS) is 19.6. The van der Waals surface area contributed by atoms with Gasteiger partial charge in [-0.25, -0.2) is 4.79 Å². The zero-order chi connectivity index (χ0) is 36.1. The summed E-state index contributed by atoms with van der Waals surface area (Å²) in [6.07, 6.45) is 1.03. The summed E-state index contributed by atoms with van der Waals surface area (Å²) in [5, 5.41) is 26.4. The van der Waals surface area contributed by atoms with Crippen LogP contribution in [0.3, 0.4) is 0 Å². The molecule has 0 radical (unpaired) electrons. The number of esters is 2. The smallest absolute Gasteiger partial charge is 0.330 e. The highest BCUT2D eigenvalue weighted by Gasteiger charge is 2.62. The molecule has 3 atom stereocenters. The fraction of sp³-hybridized carbons (Fsp3) is 0.238. The maximum atomic E-state index is 13.7. The number of carbonyl (C=O) groups excluding carboxylic acids is 2. The molecule has 0 saturated heterocycles. The molecule has 3 aliphatic rings. The minimum atomic E-state index is -1.73. The molecule has 8 rings (SSSR count). The van der Waals surface area contributed by atoms with Gasteiger partial charge >= 0.3 is 11.9 Å². The Morgan fingerprint density at radius 2 is 1.25 bits per heavy atom. The van der Waals surface area contributed by atoms with Crippen LogP contribution in [-0.4, -0.2) is 61.8 Å². The van der Waals surface area contributed by atoms with E-state index in [1.165, 1.54) is 0 Å². The van der Waals surface area contributed by atoms with Gasteiger partial charge in [0.1, 0.15) is 60.6 Å². The van der Waals surface area contributed by atoms with E-state index < -0.39 is 29.1 Å². The van der Waals surface area contributed by atoms with E-state index in [2.05, 4.69) is 6.58 Å². The Bertz CT molecular complexity index is 2100. The number of rotatable bonds is 15. The number of para-hydroxylation sites is 1. The zero-order valence-electron chi connectivity index (χ0n) is 28.4. The van der Waals surface area contributed by atoms with Crippen molar-refractivity contribution in [3.63, 3.8) is 0 Å². The molecule has 0 aliphatic heterocycles. The number of fused-ring (bicyclic) bond motifs is 2. The monoisotopic (exact) mass is 702 g/mol. The van der Waals surface area contributed by atoms with E-state index in [9.17, 15) is 19.8 Å². The van der Waals surface area contributed by atoms with Crippen LogP contribution in [-0.2, 0) is 35.0 Å². The molecule has 10 nitrogen and oxygen atoms in total. The summed E-state index contributed by atoms with van der Waals surface area (Å²) in [6.45, 7) is 4.30. The third-order valence-electron chi connectivity index (χ3n) is 9.45. The summed E-state index contributed by atoms with van der Waals surface area (Å²) in [6, 6.07) is 32.8. The predicted octanol–water partition coefficient (Wildman–Crippen LogP) is 6.18. The van der Waals surface area contributed by atoms with Gasteiger partial charge in [-0.05, 0) is 58.7 Å². The highest BCUT2D eigenvalue weighted by molar-refractivity contribution is 5.93. The van der Waals surface area contributed by atoms with E-state index in [0.29, 0.717) is 51.9 Å². The van der Waals surface area contributed by atoms with Gasteiger partial charge in [-0.15, -0.1) is 0 Å². The van der Waals surface area contributed by atoms with E-state index in [-0.39, 0.29) is 39.5 Å². The molecule has 0 aromatic heterocycles. The maximum absolute atomic E-state index is 13.7. The SMILES string of the molecule is C=CC(=O)OCCOCCOc1ccc(OCCOC(=O)C2CC3(O)c4ccccc4C2(O)c2ccc(Oc4ccccc4)cc23)c2ccccc12. The Kier molecular flexibility index (Phi) is 9.95. The van der Waals surface area contributed by atoms with Crippen molar-refractivity contribution in [1.82, 2.24) is 0 Å². The molecular weight excluding hydrogens is 664 g/mol. The Hall–Kier alpha value is -5.68. The lowest BCUT2D eigenvalue weighted by molar-refractivity contribution is -0.167. The van der Waals surface area contributed by atoms with Gasteiger partial charge in [-0.3, -0.25) is 4.79 Å². The molecule has 0 amide bonds. The number of carbonyl (C=O) groups is 2. The fourth-order valence-electron chi connectivity index (χ4n) is 7.11. The van der Waals surface area contributed by atoms with Crippen LogP contribution in [0, 0.1) is 5.92 Å². The van der Waals surface area contributed by atoms with Crippen molar-refractivity contribution in [1.29, 1.82) is 0 Å². The summed E-state index contributed by atoms with van der Waals surface area (Å²) in [5.41, 5.74) is -1.33. The highest BCUT2D eigenvalue weighted by Crippen LogP contribution is 2.60. The predicted molar refractivity (Wildman–Crippen MR) is 191 cm³/mol. The molecule has 3 aliphatic carbocycles. The van der Waals surface area contributed by atoms with Gasteiger partial charge in [-0.1, -0.05) is 79.4 Å². The second-order valence-corrected chi connectivity index (χ2v) is 12.5. The quantitative estimate of drug-likeness (QED) is 0.0741. The van der Waals surface area contributed by atoms with Crippen LogP contribution < -0.4 is 14.2 Å². The lowest BCUT2D eigenvalue weighted by atomic mass is 9.54. The molecule has 0 heterocycles. The lowest BCUT2D eigenvalue weighted by Gasteiger charge is -2.53. The van der Waals surface area contributed by atoms with Crippen molar-refractivity contribution >= 4 is 22.7 Å². The van der Waals surface area contributed by atoms with E-state index >= 15 is 0 Å². The number of aliphatic hydroxyl groups is 2. The van der Waals surface area contributed by atoms with E-state index in [0.717, 1.165) is 16.8 Å². The lowest BCUT2D eigenvalue weighted by Crippen LogP contribution is -2.57. The standard InChI is InChI=1S/C42H38O10/c1-2-39(43)50-23-21-47-20-22-48-37-18-19-38(31-13-7-6-12-30(31)37)49-24-25-51-40(44)36-27-41(45)32-14-8-9-15-33(32)42(36,46)34-17-16-29(26-35(34)41)52-28-10-4-3-5-11-28/h2-19,26,36,45-46H,1,20-25,27H2. The van der Waals surface area contributed by atoms with E-state index in [1.54, 1.807) is 54.6 Å². The molecule has 52 heavy (non-hydrogen) atoms. The number of benzene rings is 5. The summed E-state index contributed by atoms with van der Waals surface area (Å²) in [7, 11) is 0. The Balaban J connectivity index is 0.999. The van der Waals surface area contributed by atoms with Crippen molar-refractivity contribution in [3.8, 4) is 23.0 Å². The topological polar surface area (TPSA) is 130 Å². The second kappa shape index (κ2) is 14.9. The van der Waals surface area contributed by atoms with Crippen LogP contribution >= 0.6 is 0 Å². The fourth-order valence-corrected chi connectivity index (χ4v) is 7.11. The van der Waals surface area contributed by atoms with Crippen LogP contribution in [0.25, 0.3) is 10.8 Å². The molecule has 5 aromatic carbocycles. The van der Waals surface area contributed by atoms with Crippen molar-refractivity contribution in [3.05, 3.63) is 144 Å². The number of hydrogen-bond donors (Lipinski definition) is 2. The largest absolute Gasteiger partial charge is 0.491 e. The second-order valence-electron chi connectivity index (χ2n) is 12.5. The molecule has 5 aromatic rings. The Morgan fingerprint density at radius 1 is 0.654 bits per heavy atom. The summed E-state index contributed by atoms with van der Waals surface area (Å²) in [4.78, 5) is 24.8. The molecule has 0 fully saturated rings. The third kappa shape index (κ3) is 6.59. The van der Waals surface area contributed by atoms with Crippen molar-refractivity contribution in [2.75, 3.05) is 39.6 Å². The van der Waals surface area contributed by atoms with Crippen molar-refractivity contribution in [2.45, 2.75) is 17.6 Å². The van der Waals surface area contributed by atoms with Gasteiger partial charge in [0.05, 0.1) is 19.1 Å². The average molecular weight is 703 g/mol. The van der Waals surface area contributed by atoms with E-state index in [1.807, 2.05) is 54.6 Å². The highest BCUT2D eigenvalue weighted by atomic mass is 16.6. The molecule has 266 valence electrons. The Morgan fingerprint density at radius 3 is 1.96 bits per heavy atom. The van der Waals surface area contributed by atoms with E-state index in [4.69, 9.17) is 28.4 Å². The van der Waals surface area contributed by atoms with Gasteiger partial charge < -0.3 is 38.6 Å². The zero-order valence-corrected chi connectivity index (χ0v) is 28.4. The molecule has 0 saturated carbocycles. The van der Waals surface area contributed by atoms with Crippen LogP contribution in [0.2, 0.25) is 0 Å². The van der Waals surface area contributed by atoms with Gasteiger partial charge in [0, 0.05) is 23.3 Å². The van der Waals surface area contributed by atoms with Crippen LogP contribution in [0.4, 0.5) is 0 Å². The van der Waals surface area contributed by atoms with Gasteiger partial charge in [0.25, 0.3) is 0 Å². The third-order valence-corrected chi connectivity index (χ3v) is 9.45. The first-order valence-corrected chi connectivity index (χ1v) is 17.1. The molecule has 0 spiro atoms. The Labute approximate surface area is 300 Å². The molecular formula is C42H38O10. The summed E-state index contributed by atoms with van der Waals surface area (Å²) in [5.74, 6) is 0.176. The first kappa shape index (κ1) is 34.8.